The fourth-order valence-corrected chi connectivity index (χ4v) is 2.47. The molecule has 0 aliphatic rings. The maximum Gasteiger partial charge on any atom is 0.416 e. The minimum Gasteiger partial charge on any atom is -0.374 e. The molecule has 0 saturated heterocycles. The van der Waals surface area contributed by atoms with Crippen LogP contribution in [0.1, 0.15) is 31.9 Å². The van der Waals surface area contributed by atoms with Crippen LogP contribution in [0.4, 0.5) is 18.9 Å². The van der Waals surface area contributed by atoms with Gasteiger partial charge in [0.05, 0.1) is 5.56 Å². The molecule has 0 spiro atoms. The van der Waals surface area contributed by atoms with Crippen molar-refractivity contribution in [1.29, 1.82) is 0 Å². The van der Waals surface area contributed by atoms with E-state index in [0.717, 1.165) is 0 Å². The fourth-order valence-electron chi connectivity index (χ4n) is 1.99. The van der Waals surface area contributed by atoms with Crippen molar-refractivity contribution in [3.8, 4) is 0 Å². The summed E-state index contributed by atoms with van der Waals surface area (Å²) in [5.74, 6) is 0. The highest BCUT2D eigenvalue weighted by Crippen LogP contribution is 2.35. The molecule has 0 aliphatic carbocycles. The highest BCUT2D eigenvalue weighted by molar-refractivity contribution is 9.08. The smallest absolute Gasteiger partial charge is 0.374 e. The molecular formula is C14H19BrF3N. The molecule has 0 fully saturated rings. The lowest BCUT2D eigenvalue weighted by molar-refractivity contribution is -0.138. The Balaban J connectivity index is 3.12. The first-order chi connectivity index (χ1) is 8.54. The van der Waals surface area contributed by atoms with Crippen molar-refractivity contribution in [1.82, 2.24) is 0 Å². The second-order valence-corrected chi connectivity index (χ2v) is 6.45. The van der Waals surface area contributed by atoms with E-state index < -0.39 is 11.7 Å². The molecule has 0 N–H and O–H groups in total. The summed E-state index contributed by atoms with van der Waals surface area (Å²) in [6, 6.07) is 4.49. The second kappa shape index (κ2) is 5.73. The Morgan fingerprint density at radius 3 is 2.16 bits per heavy atom. The number of benzene rings is 1. The number of rotatable bonds is 3. The third kappa shape index (κ3) is 4.71. The van der Waals surface area contributed by atoms with Gasteiger partial charge in [-0.25, -0.2) is 0 Å². The molecular weight excluding hydrogens is 319 g/mol. The zero-order valence-electron chi connectivity index (χ0n) is 11.6. The standard InChI is InChI=1S/C14H19BrF3N/c1-13(2,3)9-19(4)11-6-5-10(8-15)12(7-11)14(16,17)18/h5-7H,8-9H2,1-4H3. The molecule has 0 radical (unpaired) electrons. The van der Waals surface area contributed by atoms with Crippen LogP contribution in [0.15, 0.2) is 18.2 Å². The monoisotopic (exact) mass is 337 g/mol. The summed E-state index contributed by atoms with van der Waals surface area (Å²) in [6.07, 6.45) is -4.32. The quantitative estimate of drug-likeness (QED) is 0.695. The van der Waals surface area contributed by atoms with Crippen molar-refractivity contribution >= 4 is 21.6 Å². The van der Waals surface area contributed by atoms with Gasteiger partial charge in [0.1, 0.15) is 0 Å². The van der Waals surface area contributed by atoms with Gasteiger partial charge < -0.3 is 4.90 Å². The minimum absolute atomic E-state index is 0.0290. The van der Waals surface area contributed by atoms with Crippen molar-refractivity contribution in [2.75, 3.05) is 18.5 Å². The molecule has 0 aliphatic heterocycles. The topological polar surface area (TPSA) is 3.24 Å². The first-order valence-electron chi connectivity index (χ1n) is 6.02. The minimum atomic E-state index is -4.32. The molecule has 0 amide bonds. The van der Waals surface area contributed by atoms with E-state index in [0.29, 0.717) is 12.2 Å². The molecule has 5 heteroatoms. The van der Waals surface area contributed by atoms with E-state index in [1.54, 1.807) is 6.07 Å². The molecule has 0 aromatic heterocycles. The van der Waals surface area contributed by atoms with E-state index in [-0.39, 0.29) is 16.3 Å². The van der Waals surface area contributed by atoms with Gasteiger partial charge in [0.25, 0.3) is 0 Å². The Morgan fingerprint density at radius 1 is 1.16 bits per heavy atom. The van der Waals surface area contributed by atoms with Crippen LogP contribution in [0.3, 0.4) is 0 Å². The second-order valence-electron chi connectivity index (χ2n) is 5.89. The lowest BCUT2D eigenvalue weighted by Crippen LogP contribution is -2.29. The molecule has 0 atom stereocenters. The van der Waals surface area contributed by atoms with Gasteiger partial charge in [0.2, 0.25) is 0 Å². The number of alkyl halides is 4. The summed E-state index contributed by atoms with van der Waals surface area (Å²) in [5, 5.41) is 0.200. The molecule has 108 valence electrons. The third-order valence-corrected chi connectivity index (χ3v) is 3.30. The third-order valence-electron chi connectivity index (χ3n) is 2.70. The Hall–Kier alpha value is -0.710. The van der Waals surface area contributed by atoms with Gasteiger partial charge in [-0.15, -0.1) is 0 Å². The number of nitrogens with zero attached hydrogens (tertiary/aromatic N) is 1. The molecule has 0 saturated carbocycles. The van der Waals surface area contributed by atoms with Crippen molar-refractivity contribution < 1.29 is 13.2 Å². The number of halogens is 4. The molecule has 1 nitrogen and oxygen atoms in total. The predicted octanol–water partition coefficient (Wildman–Crippen LogP) is 5.08. The molecule has 0 bridgehead atoms. The van der Waals surface area contributed by atoms with Crippen LogP contribution in [0.5, 0.6) is 0 Å². The van der Waals surface area contributed by atoms with Crippen LogP contribution in [0, 0.1) is 5.41 Å². The highest BCUT2D eigenvalue weighted by atomic mass is 79.9. The van der Waals surface area contributed by atoms with Crippen LogP contribution in [-0.2, 0) is 11.5 Å². The maximum atomic E-state index is 13.0. The predicted molar refractivity (Wildman–Crippen MR) is 76.8 cm³/mol. The van der Waals surface area contributed by atoms with Crippen molar-refractivity contribution in [3.05, 3.63) is 29.3 Å². The number of hydrogen-bond donors (Lipinski definition) is 0. The van der Waals surface area contributed by atoms with Gasteiger partial charge in [-0.1, -0.05) is 42.8 Å². The Labute approximate surface area is 120 Å². The molecule has 0 unspecified atom stereocenters. The summed E-state index contributed by atoms with van der Waals surface area (Å²) in [7, 11) is 1.81. The van der Waals surface area contributed by atoms with Crippen molar-refractivity contribution in [2.24, 2.45) is 5.41 Å². The number of anilines is 1. The average Bonchev–Trinajstić information content (AvgIpc) is 2.24. The molecule has 1 rings (SSSR count). The molecule has 1 aromatic rings. The van der Waals surface area contributed by atoms with Gasteiger partial charge in [0.15, 0.2) is 0 Å². The first kappa shape index (κ1) is 16.3. The van der Waals surface area contributed by atoms with Crippen molar-refractivity contribution in [3.63, 3.8) is 0 Å². The van der Waals surface area contributed by atoms with E-state index in [9.17, 15) is 13.2 Å². The van der Waals surface area contributed by atoms with Gasteiger partial charge in [-0.3, -0.25) is 0 Å². The lowest BCUT2D eigenvalue weighted by Gasteiger charge is -2.29. The summed E-state index contributed by atoms with van der Waals surface area (Å²) < 4.78 is 38.9. The number of hydrogen-bond acceptors (Lipinski definition) is 1. The Bertz CT molecular complexity index is 435. The largest absolute Gasteiger partial charge is 0.416 e. The van der Waals surface area contributed by atoms with Crippen LogP contribution in [0.2, 0.25) is 0 Å². The normalized spacial score (nSPS) is 12.6. The van der Waals surface area contributed by atoms with E-state index >= 15 is 0 Å². The van der Waals surface area contributed by atoms with Crippen molar-refractivity contribution in [2.45, 2.75) is 32.3 Å². The van der Waals surface area contributed by atoms with Gasteiger partial charge in [-0.2, -0.15) is 13.2 Å². The SMILES string of the molecule is CN(CC(C)(C)C)c1ccc(CBr)c(C(F)(F)F)c1. The Morgan fingerprint density at radius 2 is 1.74 bits per heavy atom. The summed E-state index contributed by atoms with van der Waals surface area (Å²) in [5.41, 5.74) is 0.316. The fraction of sp³-hybridized carbons (Fsp3) is 0.571. The van der Waals surface area contributed by atoms with Crippen LogP contribution >= 0.6 is 15.9 Å². The Kier molecular flexibility index (Phi) is 4.93. The van der Waals surface area contributed by atoms with E-state index in [2.05, 4.69) is 36.7 Å². The highest BCUT2D eigenvalue weighted by Gasteiger charge is 2.33. The summed E-state index contributed by atoms with van der Waals surface area (Å²) in [4.78, 5) is 1.85. The van der Waals surface area contributed by atoms with Gasteiger partial charge >= 0.3 is 6.18 Å². The first-order valence-corrected chi connectivity index (χ1v) is 7.14. The van der Waals surface area contributed by atoms with Gasteiger partial charge in [0, 0.05) is 24.6 Å². The zero-order chi connectivity index (χ0) is 14.8. The van der Waals surface area contributed by atoms with Gasteiger partial charge in [-0.05, 0) is 23.1 Å². The summed E-state index contributed by atoms with van der Waals surface area (Å²) in [6.45, 7) is 6.86. The van der Waals surface area contributed by atoms with E-state index in [1.165, 1.54) is 12.1 Å². The maximum absolute atomic E-state index is 13.0. The molecule has 1 aromatic carbocycles. The zero-order valence-corrected chi connectivity index (χ0v) is 13.2. The van der Waals surface area contributed by atoms with Crippen LogP contribution < -0.4 is 4.90 Å². The van der Waals surface area contributed by atoms with Crippen LogP contribution in [0.25, 0.3) is 0 Å². The lowest BCUT2D eigenvalue weighted by atomic mass is 9.96. The molecule has 0 heterocycles. The van der Waals surface area contributed by atoms with E-state index in [1.807, 2.05) is 11.9 Å². The van der Waals surface area contributed by atoms with E-state index in [4.69, 9.17) is 0 Å². The summed E-state index contributed by atoms with van der Waals surface area (Å²) >= 11 is 3.10. The average molecular weight is 338 g/mol. The van der Waals surface area contributed by atoms with Crippen LogP contribution in [-0.4, -0.2) is 13.6 Å². The molecule has 19 heavy (non-hydrogen) atoms.